The first kappa shape index (κ1) is 26.6. The van der Waals surface area contributed by atoms with Crippen LogP contribution in [0.3, 0.4) is 0 Å². The average Bonchev–Trinajstić information content (AvgIpc) is 3.25. The third-order valence-corrected chi connectivity index (χ3v) is 8.81. The zero-order chi connectivity index (χ0) is 27.1. The molecule has 2 aromatic carbocycles. The van der Waals surface area contributed by atoms with Gasteiger partial charge in [-0.15, -0.1) is 23.2 Å². The van der Waals surface area contributed by atoms with Crippen LogP contribution in [-0.2, 0) is 14.3 Å². The molecule has 0 unspecified atom stereocenters. The van der Waals surface area contributed by atoms with Crippen molar-refractivity contribution in [1.82, 2.24) is 5.01 Å². The Morgan fingerprint density at radius 2 is 1.66 bits per heavy atom. The highest BCUT2D eigenvalue weighted by Gasteiger charge is 2.69. The minimum Gasteiger partial charge on any atom is -0.497 e. The van der Waals surface area contributed by atoms with Crippen LogP contribution in [0.1, 0.15) is 49.8 Å². The average molecular weight is 557 g/mol. The third kappa shape index (κ3) is 4.90. The van der Waals surface area contributed by atoms with Crippen LogP contribution in [0.4, 0.5) is 0 Å². The molecule has 0 aromatic heterocycles. The van der Waals surface area contributed by atoms with Crippen LogP contribution in [0.15, 0.2) is 59.2 Å². The number of allylic oxidation sites excluding steroid dienone is 1. The second kappa shape index (κ2) is 10.3. The van der Waals surface area contributed by atoms with E-state index in [1.165, 1.54) is 5.01 Å². The van der Waals surface area contributed by atoms with Gasteiger partial charge in [0.25, 0.3) is 5.91 Å². The lowest BCUT2D eigenvalue weighted by atomic mass is 9.77. The standard InChI is InChI=1S/C29H30Cl2N2O5/c1-28(17-29(28,30)31)27(35)38-16-24(34)33-26(19-9-13-22(37-3)14-10-19)23-6-4-5-20(25(23)32-33)15-18-7-11-21(36-2)12-8-18/h7-15,23,26H,4-6,16-17H2,1-3H3/b20-15+/t23-,26+,28+/m1/s1. The Bertz CT molecular complexity index is 1290. The van der Waals surface area contributed by atoms with Gasteiger partial charge in [0.15, 0.2) is 6.61 Å². The van der Waals surface area contributed by atoms with E-state index in [4.69, 9.17) is 42.5 Å². The van der Waals surface area contributed by atoms with Crippen molar-refractivity contribution >= 4 is 46.9 Å². The highest BCUT2D eigenvalue weighted by Crippen LogP contribution is 2.64. The first-order chi connectivity index (χ1) is 18.2. The topological polar surface area (TPSA) is 77.4 Å². The third-order valence-electron chi connectivity index (χ3n) is 7.71. The number of rotatable bonds is 7. The van der Waals surface area contributed by atoms with Gasteiger partial charge in [-0.25, -0.2) is 5.01 Å². The zero-order valence-corrected chi connectivity index (χ0v) is 23.1. The van der Waals surface area contributed by atoms with E-state index in [0.29, 0.717) is 0 Å². The molecule has 0 bridgehead atoms. The molecule has 0 N–H and O–H groups in total. The SMILES string of the molecule is COc1ccc(/C=C2\CCC[C@@H]3C2=NN(C(=O)COC(=O)[C@]2(C)CC2(Cl)Cl)[C@H]3c2ccc(OC)cc2)cc1. The van der Waals surface area contributed by atoms with Crippen LogP contribution in [0.5, 0.6) is 11.5 Å². The maximum Gasteiger partial charge on any atom is 0.315 e. The normalized spacial score (nSPS) is 26.4. The van der Waals surface area contributed by atoms with Crippen molar-refractivity contribution < 1.29 is 23.8 Å². The van der Waals surface area contributed by atoms with Crippen LogP contribution in [0.2, 0.25) is 0 Å². The number of halogens is 2. The maximum atomic E-state index is 13.5. The van der Waals surface area contributed by atoms with Crippen LogP contribution in [0.25, 0.3) is 6.08 Å². The Labute approximate surface area is 232 Å². The highest BCUT2D eigenvalue weighted by molar-refractivity contribution is 6.53. The monoisotopic (exact) mass is 556 g/mol. The van der Waals surface area contributed by atoms with Gasteiger partial charge in [0.1, 0.15) is 21.2 Å². The number of nitrogens with zero attached hydrogens (tertiary/aromatic N) is 2. The maximum absolute atomic E-state index is 13.5. The molecule has 1 amide bonds. The van der Waals surface area contributed by atoms with Crippen LogP contribution < -0.4 is 9.47 Å². The Morgan fingerprint density at radius 3 is 2.24 bits per heavy atom. The quantitative estimate of drug-likeness (QED) is 0.311. The number of carbonyl (C=O) groups is 2. The minimum absolute atomic E-state index is 0.0144. The number of carbonyl (C=O) groups excluding carboxylic acids is 2. The summed E-state index contributed by atoms with van der Waals surface area (Å²) in [5.74, 6) is 0.552. The summed E-state index contributed by atoms with van der Waals surface area (Å²) in [6.45, 7) is 1.20. The highest BCUT2D eigenvalue weighted by atomic mass is 35.5. The van der Waals surface area contributed by atoms with E-state index < -0.39 is 28.2 Å². The molecule has 0 radical (unpaired) electrons. The summed E-state index contributed by atoms with van der Waals surface area (Å²) in [4.78, 5) is 26.1. The first-order valence-electron chi connectivity index (χ1n) is 12.6. The van der Waals surface area contributed by atoms with Crippen molar-refractivity contribution in [3.05, 3.63) is 65.2 Å². The molecular formula is C29H30Cl2N2O5. The Kier molecular flexibility index (Phi) is 7.18. The molecule has 7 nitrogen and oxygen atoms in total. The van der Waals surface area contributed by atoms with E-state index in [9.17, 15) is 9.59 Å². The second-order valence-corrected chi connectivity index (χ2v) is 11.7. The van der Waals surface area contributed by atoms with Crippen molar-refractivity contribution in [2.45, 2.75) is 43.0 Å². The molecule has 200 valence electrons. The lowest BCUT2D eigenvalue weighted by molar-refractivity contribution is -0.157. The van der Waals surface area contributed by atoms with Crippen molar-refractivity contribution in [1.29, 1.82) is 0 Å². The van der Waals surface area contributed by atoms with E-state index in [0.717, 1.165) is 53.2 Å². The zero-order valence-electron chi connectivity index (χ0n) is 21.6. The summed E-state index contributed by atoms with van der Waals surface area (Å²) in [6.07, 6.45) is 5.13. The number of hydrazone groups is 1. The smallest absolute Gasteiger partial charge is 0.315 e. The molecular weight excluding hydrogens is 527 g/mol. The van der Waals surface area contributed by atoms with E-state index in [2.05, 4.69) is 6.08 Å². The second-order valence-electron chi connectivity index (χ2n) is 10.2. The van der Waals surface area contributed by atoms with Gasteiger partial charge in [0.2, 0.25) is 0 Å². The number of alkyl halides is 2. The first-order valence-corrected chi connectivity index (χ1v) is 13.4. The van der Waals surface area contributed by atoms with Crippen molar-refractivity contribution in [2.75, 3.05) is 20.8 Å². The number of hydrogen-bond acceptors (Lipinski definition) is 6. The summed E-state index contributed by atoms with van der Waals surface area (Å²) in [7, 11) is 3.26. The molecule has 9 heteroatoms. The summed E-state index contributed by atoms with van der Waals surface area (Å²) in [5.41, 5.74) is 2.95. The van der Waals surface area contributed by atoms with E-state index in [-0.39, 0.29) is 18.4 Å². The molecule has 5 rings (SSSR count). The molecule has 2 aliphatic carbocycles. The van der Waals surface area contributed by atoms with Crippen LogP contribution in [0, 0.1) is 11.3 Å². The molecule has 3 aliphatic rings. The Balaban J connectivity index is 1.43. The van der Waals surface area contributed by atoms with Gasteiger partial charge in [-0.3, -0.25) is 9.59 Å². The summed E-state index contributed by atoms with van der Waals surface area (Å²) >= 11 is 12.2. The van der Waals surface area contributed by atoms with Gasteiger partial charge in [0.05, 0.1) is 26.0 Å². The number of amides is 1. The van der Waals surface area contributed by atoms with Crippen LogP contribution >= 0.6 is 23.2 Å². The van der Waals surface area contributed by atoms with Gasteiger partial charge < -0.3 is 14.2 Å². The fourth-order valence-corrected chi connectivity index (χ4v) is 5.91. The molecule has 1 heterocycles. The molecule has 2 fully saturated rings. The Hall–Kier alpha value is -3.03. The van der Waals surface area contributed by atoms with Crippen molar-refractivity contribution in [3.8, 4) is 11.5 Å². The molecule has 2 aromatic rings. The number of methoxy groups -OCH3 is 2. The van der Waals surface area contributed by atoms with Crippen LogP contribution in [-0.4, -0.2) is 47.8 Å². The number of ether oxygens (including phenoxy) is 3. The predicted octanol–water partition coefficient (Wildman–Crippen LogP) is 5.95. The van der Waals surface area contributed by atoms with Gasteiger partial charge in [-0.1, -0.05) is 24.3 Å². The van der Waals surface area contributed by atoms with Gasteiger partial charge >= 0.3 is 5.97 Å². The van der Waals surface area contributed by atoms with Crippen molar-refractivity contribution in [2.24, 2.45) is 16.4 Å². The fourth-order valence-electron chi connectivity index (χ4n) is 5.22. The number of esters is 1. The van der Waals surface area contributed by atoms with E-state index >= 15 is 0 Å². The molecule has 38 heavy (non-hydrogen) atoms. The van der Waals surface area contributed by atoms with E-state index in [1.54, 1.807) is 21.1 Å². The van der Waals surface area contributed by atoms with E-state index in [1.807, 2.05) is 48.5 Å². The largest absolute Gasteiger partial charge is 0.497 e. The number of benzene rings is 2. The molecule has 0 spiro atoms. The number of hydrogen-bond donors (Lipinski definition) is 0. The Morgan fingerprint density at radius 1 is 1.05 bits per heavy atom. The minimum atomic E-state index is -1.16. The summed E-state index contributed by atoms with van der Waals surface area (Å²) in [5, 5.41) is 6.32. The lowest BCUT2D eigenvalue weighted by Crippen LogP contribution is -2.35. The molecule has 2 saturated carbocycles. The molecule has 3 atom stereocenters. The lowest BCUT2D eigenvalue weighted by Gasteiger charge is -2.29. The molecule has 0 saturated heterocycles. The van der Waals surface area contributed by atoms with Gasteiger partial charge in [-0.05, 0) is 73.2 Å². The van der Waals surface area contributed by atoms with Gasteiger partial charge in [-0.2, -0.15) is 5.10 Å². The molecule has 1 aliphatic heterocycles. The summed E-state index contributed by atoms with van der Waals surface area (Å²) in [6, 6.07) is 15.2. The van der Waals surface area contributed by atoms with Gasteiger partial charge in [0, 0.05) is 12.3 Å². The number of fused-ring (bicyclic) bond motifs is 1. The predicted molar refractivity (Wildman–Crippen MR) is 146 cm³/mol. The summed E-state index contributed by atoms with van der Waals surface area (Å²) < 4.78 is 14.8. The van der Waals surface area contributed by atoms with Crippen molar-refractivity contribution in [3.63, 3.8) is 0 Å². The fraction of sp³-hybridized carbons (Fsp3) is 0.414.